The van der Waals surface area contributed by atoms with Gasteiger partial charge in [0.05, 0.1) is 6.61 Å². The van der Waals surface area contributed by atoms with Crippen molar-refractivity contribution in [3.63, 3.8) is 0 Å². The van der Waals surface area contributed by atoms with Crippen LogP contribution in [0.2, 0.25) is 0 Å². The van der Waals surface area contributed by atoms with E-state index in [9.17, 15) is 0 Å². The van der Waals surface area contributed by atoms with Crippen LogP contribution in [-0.2, 0) is 6.61 Å². The highest BCUT2D eigenvalue weighted by Crippen LogP contribution is 2.25. The standard InChI is InChI=1S/C13H21N3O2/c17-9-11-10-18-13(14-11)16-7-5-15(6-8-16)12-3-1-2-4-12/h10,12,17H,1-9H2. The van der Waals surface area contributed by atoms with Crippen molar-refractivity contribution < 1.29 is 9.52 Å². The summed E-state index contributed by atoms with van der Waals surface area (Å²) in [7, 11) is 0. The quantitative estimate of drug-likeness (QED) is 0.875. The Morgan fingerprint density at radius 3 is 2.56 bits per heavy atom. The van der Waals surface area contributed by atoms with Crippen LogP contribution >= 0.6 is 0 Å². The lowest BCUT2D eigenvalue weighted by atomic mass is 10.2. The first-order chi connectivity index (χ1) is 8.86. The summed E-state index contributed by atoms with van der Waals surface area (Å²) in [6, 6.07) is 1.47. The zero-order valence-corrected chi connectivity index (χ0v) is 10.7. The van der Waals surface area contributed by atoms with E-state index in [0.29, 0.717) is 11.7 Å². The Bertz CT molecular complexity index is 379. The summed E-state index contributed by atoms with van der Waals surface area (Å²) >= 11 is 0. The lowest BCUT2D eigenvalue weighted by Gasteiger charge is -2.37. The highest BCUT2D eigenvalue weighted by atomic mass is 16.4. The summed E-state index contributed by atoms with van der Waals surface area (Å²) in [5.41, 5.74) is 0.614. The van der Waals surface area contributed by atoms with Gasteiger partial charge >= 0.3 is 0 Å². The minimum absolute atomic E-state index is 0.0501. The van der Waals surface area contributed by atoms with Crippen molar-refractivity contribution in [2.75, 3.05) is 31.1 Å². The minimum atomic E-state index is -0.0501. The third kappa shape index (κ3) is 2.37. The number of hydrogen-bond acceptors (Lipinski definition) is 5. The molecule has 100 valence electrons. The largest absolute Gasteiger partial charge is 0.432 e. The Kier molecular flexibility index (Phi) is 3.52. The SMILES string of the molecule is OCc1coc(N2CCN(C3CCCC3)CC2)n1. The van der Waals surface area contributed by atoms with Crippen molar-refractivity contribution in [3.8, 4) is 0 Å². The van der Waals surface area contributed by atoms with Gasteiger partial charge in [-0.25, -0.2) is 0 Å². The molecule has 1 N–H and O–H groups in total. The number of nitrogens with zero attached hydrogens (tertiary/aromatic N) is 3. The number of aliphatic hydroxyl groups excluding tert-OH is 1. The second-order valence-corrected chi connectivity index (χ2v) is 5.24. The van der Waals surface area contributed by atoms with E-state index >= 15 is 0 Å². The summed E-state index contributed by atoms with van der Waals surface area (Å²) in [4.78, 5) is 9.05. The van der Waals surface area contributed by atoms with Crippen LogP contribution in [0, 0.1) is 0 Å². The molecule has 0 spiro atoms. The van der Waals surface area contributed by atoms with Gasteiger partial charge in [0.2, 0.25) is 0 Å². The van der Waals surface area contributed by atoms with E-state index in [2.05, 4.69) is 14.8 Å². The Balaban J connectivity index is 1.55. The Morgan fingerprint density at radius 1 is 1.22 bits per heavy atom. The van der Waals surface area contributed by atoms with Crippen LogP contribution in [0.15, 0.2) is 10.7 Å². The van der Waals surface area contributed by atoms with Crippen LogP contribution in [0.1, 0.15) is 31.4 Å². The highest BCUT2D eigenvalue weighted by molar-refractivity contribution is 5.27. The second-order valence-electron chi connectivity index (χ2n) is 5.24. The van der Waals surface area contributed by atoms with Gasteiger partial charge in [-0.15, -0.1) is 0 Å². The maximum absolute atomic E-state index is 8.99. The summed E-state index contributed by atoms with van der Waals surface area (Å²) in [6.07, 6.45) is 7.06. The van der Waals surface area contributed by atoms with Gasteiger partial charge in [-0.05, 0) is 12.8 Å². The molecule has 1 saturated heterocycles. The fourth-order valence-electron chi connectivity index (χ4n) is 3.06. The Hall–Kier alpha value is -1.07. The third-order valence-electron chi connectivity index (χ3n) is 4.13. The Labute approximate surface area is 107 Å². The normalized spacial score (nSPS) is 22.8. The van der Waals surface area contributed by atoms with Crippen molar-refractivity contribution in [2.24, 2.45) is 0 Å². The maximum atomic E-state index is 8.99. The van der Waals surface area contributed by atoms with Gasteiger partial charge in [0.15, 0.2) is 0 Å². The predicted molar refractivity (Wildman–Crippen MR) is 68.5 cm³/mol. The molecule has 3 rings (SSSR count). The smallest absolute Gasteiger partial charge is 0.297 e. The molecule has 2 fully saturated rings. The first-order valence-electron chi connectivity index (χ1n) is 6.91. The van der Waals surface area contributed by atoms with Crippen molar-refractivity contribution in [1.29, 1.82) is 0 Å². The Morgan fingerprint density at radius 2 is 1.94 bits per heavy atom. The van der Waals surface area contributed by atoms with Crippen LogP contribution < -0.4 is 4.90 Å². The molecule has 1 aliphatic heterocycles. The van der Waals surface area contributed by atoms with E-state index in [1.807, 2.05) is 0 Å². The molecule has 1 aromatic rings. The monoisotopic (exact) mass is 251 g/mol. The lowest BCUT2D eigenvalue weighted by molar-refractivity contribution is 0.185. The first kappa shape index (κ1) is 12.0. The lowest BCUT2D eigenvalue weighted by Crippen LogP contribution is -2.49. The average molecular weight is 251 g/mol. The van der Waals surface area contributed by atoms with Crippen molar-refractivity contribution in [2.45, 2.75) is 38.3 Å². The molecule has 0 atom stereocenters. The molecule has 5 heteroatoms. The van der Waals surface area contributed by atoms with Crippen LogP contribution in [0.4, 0.5) is 6.01 Å². The van der Waals surface area contributed by atoms with Gasteiger partial charge in [-0.3, -0.25) is 4.90 Å². The molecular formula is C13H21N3O2. The average Bonchev–Trinajstić information content (AvgIpc) is 3.10. The fourth-order valence-corrected chi connectivity index (χ4v) is 3.06. The number of hydrogen-bond donors (Lipinski definition) is 1. The molecule has 1 aliphatic carbocycles. The molecule has 0 bridgehead atoms. The van der Waals surface area contributed by atoms with Gasteiger partial charge in [0.25, 0.3) is 6.01 Å². The number of rotatable bonds is 3. The van der Waals surface area contributed by atoms with E-state index < -0.39 is 0 Å². The van der Waals surface area contributed by atoms with Crippen molar-refractivity contribution in [1.82, 2.24) is 9.88 Å². The van der Waals surface area contributed by atoms with Gasteiger partial charge in [-0.2, -0.15) is 4.98 Å². The molecular weight excluding hydrogens is 230 g/mol. The molecule has 0 aromatic carbocycles. The minimum Gasteiger partial charge on any atom is -0.432 e. The molecule has 5 nitrogen and oxygen atoms in total. The molecule has 0 unspecified atom stereocenters. The zero-order chi connectivity index (χ0) is 12.4. The number of aliphatic hydroxyl groups is 1. The van der Waals surface area contributed by atoms with Gasteiger partial charge in [-0.1, -0.05) is 12.8 Å². The van der Waals surface area contributed by atoms with Gasteiger partial charge in [0.1, 0.15) is 12.0 Å². The van der Waals surface area contributed by atoms with Crippen molar-refractivity contribution >= 4 is 6.01 Å². The van der Waals surface area contributed by atoms with Gasteiger partial charge in [0, 0.05) is 32.2 Å². The van der Waals surface area contributed by atoms with E-state index in [0.717, 1.165) is 32.2 Å². The molecule has 1 saturated carbocycles. The highest BCUT2D eigenvalue weighted by Gasteiger charge is 2.27. The number of oxazole rings is 1. The van der Waals surface area contributed by atoms with E-state index in [1.165, 1.54) is 25.7 Å². The summed E-state index contributed by atoms with van der Waals surface area (Å²) < 4.78 is 5.39. The maximum Gasteiger partial charge on any atom is 0.297 e. The summed E-state index contributed by atoms with van der Waals surface area (Å²) in [5, 5.41) is 8.99. The van der Waals surface area contributed by atoms with Gasteiger partial charge < -0.3 is 14.4 Å². The topological polar surface area (TPSA) is 52.7 Å². The first-order valence-corrected chi connectivity index (χ1v) is 6.91. The molecule has 1 aromatic heterocycles. The van der Waals surface area contributed by atoms with Crippen LogP contribution in [0.5, 0.6) is 0 Å². The molecule has 2 aliphatic rings. The van der Waals surface area contributed by atoms with E-state index in [1.54, 1.807) is 6.26 Å². The van der Waals surface area contributed by atoms with Crippen LogP contribution in [0.25, 0.3) is 0 Å². The third-order valence-corrected chi connectivity index (χ3v) is 4.13. The second kappa shape index (κ2) is 5.28. The predicted octanol–water partition coefficient (Wildman–Crippen LogP) is 1.23. The molecule has 2 heterocycles. The van der Waals surface area contributed by atoms with E-state index in [-0.39, 0.29) is 6.61 Å². The van der Waals surface area contributed by atoms with Crippen LogP contribution in [0.3, 0.4) is 0 Å². The number of piperazine rings is 1. The molecule has 18 heavy (non-hydrogen) atoms. The number of aromatic nitrogens is 1. The number of anilines is 1. The molecule has 0 amide bonds. The molecule has 0 radical (unpaired) electrons. The van der Waals surface area contributed by atoms with E-state index in [4.69, 9.17) is 9.52 Å². The van der Waals surface area contributed by atoms with Crippen LogP contribution in [-0.4, -0.2) is 47.2 Å². The zero-order valence-electron chi connectivity index (χ0n) is 10.7. The summed E-state index contributed by atoms with van der Waals surface area (Å²) in [6.45, 7) is 4.10. The fraction of sp³-hybridized carbons (Fsp3) is 0.769. The summed E-state index contributed by atoms with van der Waals surface area (Å²) in [5.74, 6) is 0. The van der Waals surface area contributed by atoms with Crippen molar-refractivity contribution in [3.05, 3.63) is 12.0 Å².